The monoisotopic (exact) mass is 358 g/mol. The van der Waals surface area contributed by atoms with E-state index in [2.05, 4.69) is 10.1 Å². The molecule has 7 nitrogen and oxygen atoms in total. The first kappa shape index (κ1) is 17.4. The number of benzene rings is 2. The number of carbonyl (C=O) groups excluding carboxylic acids is 1. The van der Waals surface area contributed by atoms with Crippen LogP contribution in [-0.4, -0.2) is 30.3 Å². The first-order chi connectivity index (χ1) is 12.6. The van der Waals surface area contributed by atoms with Gasteiger partial charge >= 0.3 is 5.97 Å². The Labute approximate surface area is 148 Å². The highest BCUT2D eigenvalue weighted by molar-refractivity contribution is 5.89. The van der Waals surface area contributed by atoms with Gasteiger partial charge in [0.15, 0.2) is 18.2 Å². The average molecular weight is 358 g/mol. The second kappa shape index (κ2) is 7.64. The molecule has 1 heterocycles. The van der Waals surface area contributed by atoms with Gasteiger partial charge in [-0.25, -0.2) is 9.18 Å². The molecule has 3 aromatic rings. The van der Waals surface area contributed by atoms with Gasteiger partial charge in [-0.3, -0.25) is 0 Å². The minimum absolute atomic E-state index is 0.0441. The summed E-state index contributed by atoms with van der Waals surface area (Å²) in [5, 5.41) is 3.83. The zero-order valence-corrected chi connectivity index (χ0v) is 14.1. The van der Waals surface area contributed by atoms with Crippen LogP contribution >= 0.6 is 0 Å². The fraction of sp³-hybridized carbons (Fsp3) is 0.167. The normalized spacial score (nSPS) is 10.4. The molecule has 0 aliphatic rings. The molecule has 0 unspecified atom stereocenters. The number of hydrogen-bond acceptors (Lipinski definition) is 7. The summed E-state index contributed by atoms with van der Waals surface area (Å²) in [6, 6.07) is 10.9. The highest BCUT2D eigenvalue weighted by Crippen LogP contribution is 2.21. The molecule has 0 spiro atoms. The lowest BCUT2D eigenvalue weighted by Gasteiger charge is -2.04. The third kappa shape index (κ3) is 3.80. The summed E-state index contributed by atoms with van der Waals surface area (Å²) in [4.78, 5) is 16.1. The number of esters is 1. The first-order valence-electron chi connectivity index (χ1n) is 7.58. The molecule has 0 fully saturated rings. The molecular weight excluding hydrogens is 343 g/mol. The molecule has 2 aromatic carbocycles. The number of halogens is 1. The van der Waals surface area contributed by atoms with Gasteiger partial charge < -0.3 is 18.7 Å². The maximum atomic E-state index is 13.6. The number of ether oxygens (including phenoxy) is 3. The summed E-state index contributed by atoms with van der Waals surface area (Å²) in [7, 11) is 2.91. The quantitative estimate of drug-likeness (QED) is 0.625. The van der Waals surface area contributed by atoms with Gasteiger partial charge in [0.1, 0.15) is 5.75 Å². The Morgan fingerprint density at radius 1 is 1.12 bits per heavy atom. The van der Waals surface area contributed by atoms with E-state index in [1.54, 1.807) is 31.4 Å². The number of rotatable bonds is 6. The molecule has 0 radical (unpaired) electrons. The topological polar surface area (TPSA) is 83.7 Å². The molecule has 0 atom stereocenters. The lowest BCUT2D eigenvalue weighted by Crippen LogP contribution is -2.06. The van der Waals surface area contributed by atoms with E-state index in [4.69, 9.17) is 18.7 Å². The van der Waals surface area contributed by atoms with E-state index in [0.717, 1.165) is 11.6 Å². The van der Waals surface area contributed by atoms with Gasteiger partial charge in [-0.05, 0) is 42.5 Å². The number of aromatic nitrogens is 2. The molecule has 8 heteroatoms. The molecule has 0 bridgehead atoms. The van der Waals surface area contributed by atoms with Crippen molar-refractivity contribution in [1.29, 1.82) is 0 Å². The Morgan fingerprint density at radius 3 is 2.54 bits per heavy atom. The van der Waals surface area contributed by atoms with Gasteiger partial charge in [0, 0.05) is 5.56 Å². The van der Waals surface area contributed by atoms with Crippen LogP contribution < -0.4 is 9.47 Å². The summed E-state index contributed by atoms with van der Waals surface area (Å²) in [5.74, 6) is -0.134. The Kier molecular flexibility index (Phi) is 5.12. The minimum Gasteiger partial charge on any atom is -0.497 e. The minimum atomic E-state index is -0.712. The third-order valence-electron chi connectivity index (χ3n) is 3.53. The van der Waals surface area contributed by atoms with Crippen molar-refractivity contribution >= 4 is 5.97 Å². The average Bonchev–Trinajstić information content (AvgIpc) is 3.15. The van der Waals surface area contributed by atoms with Crippen LogP contribution in [0.1, 0.15) is 16.2 Å². The van der Waals surface area contributed by atoms with Gasteiger partial charge in [0.2, 0.25) is 5.82 Å². The van der Waals surface area contributed by atoms with E-state index >= 15 is 0 Å². The zero-order valence-electron chi connectivity index (χ0n) is 14.1. The van der Waals surface area contributed by atoms with Crippen molar-refractivity contribution < 1.29 is 27.9 Å². The summed E-state index contributed by atoms with van der Waals surface area (Å²) in [6.45, 7) is -0.227. The summed E-state index contributed by atoms with van der Waals surface area (Å²) in [6.07, 6.45) is 0. The maximum absolute atomic E-state index is 13.6. The van der Waals surface area contributed by atoms with Gasteiger partial charge in [-0.1, -0.05) is 5.16 Å². The predicted octanol–water partition coefficient (Wildman–Crippen LogP) is 3.25. The largest absolute Gasteiger partial charge is 0.497 e. The second-order valence-electron chi connectivity index (χ2n) is 5.17. The number of nitrogens with zero attached hydrogens (tertiary/aromatic N) is 2. The van der Waals surface area contributed by atoms with Crippen LogP contribution in [0.15, 0.2) is 47.0 Å². The Morgan fingerprint density at radius 2 is 1.88 bits per heavy atom. The third-order valence-corrected chi connectivity index (χ3v) is 3.53. The lowest BCUT2D eigenvalue weighted by molar-refractivity contribution is 0.0429. The molecule has 26 heavy (non-hydrogen) atoms. The van der Waals surface area contributed by atoms with E-state index in [-0.39, 0.29) is 23.8 Å². The Balaban J connectivity index is 1.64. The van der Waals surface area contributed by atoms with Gasteiger partial charge in [-0.2, -0.15) is 4.98 Å². The van der Waals surface area contributed by atoms with E-state index < -0.39 is 11.8 Å². The van der Waals surface area contributed by atoms with E-state index in [0.29, 0.717) is 11.6 Å². The Bertz CT molecular complexity index is 908. The molecule has 134 valence electrons. The van der Waals surface area contributed by atoms with Crippen LogP contribution in [0.4, 0.5) is 4.39 Å². The van der Waals surface area contributed by atoms with Crippen LogP contribution in [0.25, 0.3) is 11.4 Å². The highest BCUT2D eigenvalue weighted by atomic mass is 19.1. The second-order valence-corrected chi connectivity index (χ2v) is 5.17. The van der Waals surface area contributed by atoms with Crippen LogP contribution in [-0.2, 0) is 11.3 Å². The van der Waals surface area contributed by atoms with Gasteiger partial charge in [0.25, 0.3) is 5.89 Å². The van der Waals surface area contributed by atoms with Gasteiger partial charge in [0.05, 0.1) is 19.8 Å². The molecule has 0 aliphatic carbocycles. The van der Waals surface area contributed by atoms with Crippen molar-refractivity contribution in [3.63, 3.8) is 0 Å². The maximum Gasteiger partial charge on any atom is 0.338 e. The molecule has 0 saturated carbocycles. The van der Waals surface area contributed by atoms with Crippen LogP contribution in [0.3, 0.4) is 0 Å². The van der Waals surface area contributed by atoms with E-state index in [9.17, 15) is 9.18 Å². The lowest BCUT2D eigenvalue weighted by atomic mass is 10.2. The standard InChI is InChI=1S/C18H15FN2O5/c1-23-13-6-3-11(4-7-13)17-20-16(26-21-17)10-25-18(22)12-5-8-15(24-2)14(19)9-12/h3-9H,10H2,1-2H3. The van der Waals surface area contributed by atoms with Crippen LogP contribution in [0.2, 0.25) is 0 Å². The van der Waals surface area contributed by atoms with Crippen LogP contribution in [0, 0.1) is 5.82 Å². The van der Waals surface area contributed by atoms with Gasteiger partial charge in [-0.15, -0.1) is 0 Å². The van der Waals surface area contributed by atoms with Crippen molar-refractivity contribution in [3.8, 4) is 22.9 Å². The number of carbonyl (C=O) groups is 1. The van der Waals surface area contributed by atoms with E-state index in [1.165, 1.54) is 19.2 Å². The predicted molar refractivity (Wildman–Crippen MR) is 88.4 cm³/mol. The molecule has 1 aromatic heterocycles. The van der Waals surface area contributed by atoms with Crippen molar-refractivity contribution in [1.82, 2.24) is 10.1 Å². The molecule has 0 amide bonds. The molecular formula is C18H15FN2O5. The molecule has 0 saturated heterocycles. The Hall–Kier alpha value is -3.42. The first-order valence-corrected chi connectivity index (χ1v) is 7.58. The smallest absolute Gasteiger partial charge is 0.338 e. The summed E-state index contributed by atoms with van der Waals surface area (Å²) in [5.41, 5.74) is 0.780. The number of methoxy groups -OCH3 is 2. The summed E-state index contributed by atoms with van der Waals surface area (Å²) < 4.78 is 33.6. The van der Waals surface area contributed by atoms with Crippen molar-refractivity contribution in [3.05, 3.63) is 59.7 Å². The van der Waals surface area contributed by atoms with Crippen molar-refractivity contribution in [2.24, 2.45) is 0 Å². The fourth-order valence-corrected chi connectivity index (χ4v) is 2.17. The zero-order chi connectivity index (χ0) is 18.5. The SMILES string of the molecule is COc1ccc(-c2noc(COC(=O)c3ccc(OC)c(F)c3)n2)cc1. The molecule has 0 aliphatic heterocycles. The van der Waals surface area contributed by atoms with Crippen molar-refractivity contribution in [2.45, 2.75) is 6.61 Å². The fourth-order valence-electron chi connectivity index (χ4n) is 2.17. The molecule has 0 N–H and O–H groups in total. The number of hydrogen-bond donors (Lipinski definition) is 0. The van der Waals surface area contributed by atoms with Crippen molar-refractivity contribution in [2.75, 3.05) is 14.2 Å². The highest BCUT2D eigenvalue weighted by Gasteiger charge is 2.14. The van der Waals surface area contributed by atoms with E-state index in [1.807, 2.05) is 0 Å². The van der Waals surface area contributed by atoms with Crippen LogP contribution in [0.5, 0.6) is 11.5 Å². The summed E-state index contributed by atoms with van der Waals surface area (Å²) >= 11 is 0. The molecule has 3 rings (SSSR count).